The fourth-order valence-corrected chi connectivity index (χ4v) is 6.91. The van der Waals surface area contributed by atoms with Gasteiger partial charge in [0.15, 0.2) is 6.10 Å². The maximum Gasteiger partial charge on any atom is 0.375 e. The first-order valence-electron chi connectivity index (χ1n) is 12.1. The molecular weight excluding hydrogens is 591 g/mol. The second kappa shape index (κ2) is 10.4. The van der Waals surface area contributed by atoms with Crippen molar-refractivity contribution in [1.29, 1.82) is 0 Å². The van der Waals surface area contributed by atoms with Gasteiger partial charge < -0.3 is 29.5 Å². The Kier molecular flexibility index (Phi) is 7.58. The van der Waals surface area contributed by atoms with Crippen LogP contribution in [-0.2, 0) is 14.6 Å². The molecule has 1 saturated heterocycles. The Bertz CT molecular complexity index is 1500. The van der Waals surface area contributed by atoms with Gasteiger partial charge in [-0.1, -0.05) is 53.0 Å². The van der Waals surface area contributed by atoms with Crippen LogP contribution in [0.1, 0.15) is 42.1 Å². The molecule has 0 amide bonds. The summed E-state index contributed by atoms with van der Waals surface area (Å²) in [5.41, 5.74) is 1.51. The van der Waals surface area contributed by atoms with Crippen molar-refractivity contribution in [2.75, 3.05) is 6.61 Å². The van der Waals surface area contributed by atoms with Crippen molar-refractivity contribution < 1.29 is 37.9 Å². The Balaban J connectivity index is 1.57. The van der Waals surface area contributed by atoms with Gasteiger partial charge in [0.05, 0.1) is 4.90 Å². The largest absolute Gasteiger partial charge is 0.480 e. The van der Waals surface area contributed by atoms with Gasteiger partial charge in [-0.15, -0.1) is 0 Å². The highest BCUT2D eigenvalue weighted by molar-refractivity contribution is 7.92. The molecule has 2 bridgehead atoms. The molecule has 0 spiro atoms. The first kappa shape index (κ1) is 28.4. The predicted molar refractivity (Wildman–Crippen MR) is 145 cm³/mol. The van der Waals surface area contributed by atoms with Crippen molar-refractivity contribution in [3.8, 4) is 11.5 Å². The van der Waals surface area contributed by atoms with E-state index in [4.69, 9.17) is 49.0 Å². The zero-order valence-electron chi connectivity index (χ0n) is 20.6. The highest BCUT2D eigenvalue weighted by Gasteiger charge is 2.67. The van der Waals surface area contributed by atoms with E-state index in [9.17, 15) is 23.7 Å². The minimum atomic E-state index is -4.88. The maximum absolute atomic E-state index is 13.5. The highest BCUT2D eigenvalue weighted by atomic mass is 35.5. The molecule has 2 heterocycles. The van der Waals surface area contributed by atoms with Crippen molar-refractivity contribution in [1.82, 2.24) is 0 Å². The molecule has 0 radical (unpaired) electrons. The van der Waals surface area contributed by atoms with E-state index in [0.29, 0.717) is 44.6 Å². The van der Waals surface area contributed by atoms with Gasteiger partial charge in [0.2, 0.25) is 0 Å². The van der Waals surface area contributed by atoms with Gasteiger partial charge in [-0.3, -0.25) is 0 Å². The molecule has 3 atom stereocenters. The lowest BCUT2D eigenvalue weighted by Gasteiger charge is -2.44. The number of rotatable bonds is 6. The Morgan fingerprint density at radius 3 is 2.36 bits per heavy atom. The van der Waals surface area contributed by atoms with Gasteiger partial charge in [-0.25, -0.2) is 8.42 Å². The standard InChI is InChI=1S/C27H25Cl3O8S/c1-15-22(37-25(16-5-7-17(28)8-6-16)20-10-9-18(29)12-21(20)30)13-19-14-23(15)38-27(33,39(19,34)35)26(31,32)24-4-2-3-11-36-24/h5-10,12-14,24-25,31-33H,2-4,11H2,1H3. The van der Waals surface area contributed by atoms with Crippen LogP contribution >= 0.6 is 34.8 Å². The third-order valence-electron chi connectivity index (χ3n) is 6.96. The summed E-state index contributed by atoms with van der Waals surface area (Å²) >= 11 is 18.7. The van der Waals surface area contributed by atoms with E-state index in [-0.39, 0.29) is 24.5 Å². The van der Waals surface area contributed by atoms with Crippen LogP contribution < -0.4 is 9.47 Å². The summed E-state index contributed by atoms with van der Waals surface area (Å²) in [6.07, 6.45) is -0.845. The fraction of sp³-hybridized carbons (Fsp3) is 0.333. The van der Waals surface area contributed by atoms with Crippen LogP contribution in [0.2, 0.25) is 15.1 Å². The van der Waals surface area contributed by atoms with Crippen LogP contribution in [0.15, 0.2) is 59.5 Å². The van der Waals surface area contributed by atoms with Crippen molar-refractivity contribution in [3.63, 3.8) is 0 Å². The van der Waals surface area contributed by atoms with Crippen LogP contribution in [0, 0.1) is 6.92 Å². The van der Waals surface area contributed by atoms with Crippen LogP contribution in [0.4, 0.5) is 0 Å². The summed E-state index contributed by atoms with van der Waals surface area (Å²) in [6, 6.07) is 14.1. The summed E-state index contributed by atoms with van der Waals surface area (Å²) in [6.45, 7) is 1.77. The number of ether oxygens (including phenoxy) is 3. The predicted octanol–water partition coefficient (Wildman–Crippen LogP) is 5.19. The third kappa shape index (κ3) is 4.89. The molecule has 2 aliphatic heterocycles. The number of halogens is 3. The minimum absolute atomic E-state index is 0.106. The monoisotopic (exact) mass is 614 g/mol. The van der Waals surface area contributed by atoms with Crippen LogP contribution in [0.3, 0.4) is 0 Å². The number of benzene rings is 3. The smallest absolute Gasteiger partial charge is 0.375 e. The van der Waals surface area contributed by atoms with E-state index >= 15 is 0 Å². The number of aliphatic hydroxyl groups is 3. The lowest BCUT2D eigenvalue weighted by molar-refractivity contribution is -0.348. The van der Waals surface area contributed by atoms with Crippen LogP contribution in [0.25, 0.3) is 0 Å². The molecule has 39 heavy (non-hydrogen) atoms. The summed E-state index contributed by atoms with van der Waals surface area (Å²) in [7, 11) is -4.88. The van der Waals surface area contributed by atoms with E-state index in [1.807, 2.05) is 0 Å². The fourth-order valence-electron chi connectivity index (χ4n) is 4.71. The van der Waals surface area contributed by atoms with Gasteiger partial charge in [-0.2, -0.15) is 0 Å². The normalized spacial score (nSPS) is 23.1. The topological polar surface area (TPSA) is 123 Å². The summed E-state index contributed by atoms with van der Waals surface area (Å²) < 4.78 is 44.3. The first-order valence-corrected chi connectivity index (χ1v) is 14.7. The number of fused-ring (bicyclic) bond motifs is 2. The molecule has 12 heteroatoms. The molecular formula is C27H25Cl3O8S. The third-order valence-corrected chi connectivity index (χ3v) is 9.75. The van der Waals surface area contributed by atoms with Crippen molar-refractivity contribution in [2.24, 2.45) is 0 Å². The molecule has 208 valence electrons. The zero-order valence-corrected chi connectivity index (χ0v) is 23.7. The summed E-state index contributed by atoms with van der Waals surface area (Å²) in [5, 5.41) is 30.9. The van der Waals surface area contributed by atoms with Gasteiger partial charge in [0.1, 0.15) is 17.6 Å². The Morgan fingerprint density at radius 2 is 1.72 bits per heavy atom. The second-order valence-corrected chi connectivity index (χ2v) is 12.8. The number of hydrogen-bond donors (Lipinski definition) is 3. The van der Waals surface area contributed by atoms with Crippen molar-refractivity contribution in [2.45, 2.75) is 54.2 Å². The Hall–Kier alpha value is -2.08. The Morgan fingerprint density at radius 1 is 1.03 bits per heavy atom. The van der Waals surface area contributed by atoms with Crippen LogP contribution in [-0.4, -0.2) is 47.4 Å². The zero-order chi connectivity index (χ0) is 28.2. The summed E-state index contributed by atoms with van der Waals surface area (Å²) in [4.78, 5) is -0.424. The molecule has 8 nitrogen and oxygen atoms in total. The van der Waals surface area contributed by atoms with E-state index in [0.717, 1.165) is 0 Å². The lowest BCUT2D eigenvalue weighted by Crippen LogP contribution is -2.69. The van der Waals surface area contributed by atoms with Crippen LogP contribution in [0.5, 0.6) is 11.5 Å². The van der Waals surface area contributed by atoms with E-state index in [1.54, 1.807) is 49.4 Å². The molecule has 0 saturated carbocycles. The van der Waals surface area contributed by atoms with Crippen molar-refractivity contribution in [3.05, 3.63) is 86.4 Å². The minimum Gasteiger partial charge on any atom is -0.480 e. The molecule has 1 fully saturated rings. The average Bonchev–Trinajstić information content (AvgIpc) is 2.89. The van der Waals surface area contributed by atoms with E-state index in [2.05, 4.69) is 0 Å². The number of hydrogen-bond acceptors (Lipinski definition) is 8. The van der Waals surface area contributed by atoms with E-state index < -0.39 is 37.8 Å². The second-order valence-electron chi connectivity index (χ2n) is 9.53. The average molecular weight is 616 g/mol. The van der Waals surface area contributed by atoms with Gasteiger partial charge in [0.25, 0.3) is 15.6 Å². The number of sulfone groups is 1. The molecule has 0 aliphatic carbocycles. The SMILES string of the molecule is Cc1c(OC(c2ccc(Cl)cc2)c2ccc(Cl)cc2Cl)cc2cc1OC(O)(C(O)(O)C1CCCCO1)S2(=O)=O. The quantitative estimate of drug-likeness (QED) is 0.324. The molecule has 3 aromatic carbocycles. The first-order chi connectivity index (χ1) is 18.3. The molecule has 0 aromatic heterocycles. The molecule has 3 aromatic rings. The van der Waals surface area contributed by atoms with Gasteiger partial charge in [0, 0.05) is 32.8 Å². The van der Waals surface area contributed by atoms with Gasteiger partial charge in [-0.05, 0) is 68.1 Å². The molecule has 2 aliphatic rings. The van der Waals surface area contributed by atoms with Crippen molar-refractivity contribution >= 4 is 44.6 Å². The van der Waals surface area contributed by atoms with E-state index in [1.165, 1.54) is 12.1 Å². The highest BCUT2D eigenvalue weighted by Crippen LogP contribution is 2.48. The Labute approximate surface area is 240 Å². The molecule has 3 unspecified atom stereocenters. The molecule has 3 N–H and O–H groups in total. The summed E-state index contributed by atoms with van der Waals surface area (Å²) in [5.74, 6) is -3.26. The molecule has 5 rings (SSSR count). The van der Waals surface area contributed by atoms with Gasteiger partial charge >= 0.3 is 5.12 Å². The maximum atomic E-state index is 13.5. The lowest BCUT2D eigenvalue weighted by atomic mass is 10.00.